The van der Waals surface area contributed by atoms with E-state index >= 15 is 28.8 Å². The van der Waals surface area contributed by atoms with Gasteiger partial charge in [0.15, 0.2) is 36.2 Å². The number of phenols is 3. The third-order valence-electron chi connectivity index (χ3n) is 24.3. The second kappa shape index (κ2) is 42.7. The number of phenolic OH excluding ortho intramolecular Hbond substituents is 3. The number of amides is 8. The van der Waals surface area contributed by atoms with E-state index in [0.29, 0.717) is 5.02 Å². The Morgan fingerprint density at radius 3 is 1.84 bits per heavy atom. The summed E-state index contributed by atoms with van der Waals surface area (Å²) in [5, 5.41) is 144. The molecule has 0 saturated carbocycles. The monoisotopic (exact) mass is 1960 g/mol. The van der Waals surface area contributed by atoms with Crippen LogP contribution in [0.3, 0.4) is 0 Å². The predicted molar refractivity (Wildman–Crippen MR) is 478 cm³/mol. The summed E-state index contributed by atoms with van der Waals surface area (Å²) in [4.78, 5) is 161. The number of benzene rings is 7. The van der Waals surface area contributed by atoms with Crippen LogP contribution in [0.5, 0.6) is 46.0 Å². The van der Waals surface area contributed by atoms with Crippen LogP contribution in [0.4, 0.5) is 4.79 Å². The van der Waals surface area contributed by atoms with Crippen molar-refractivity contribution >= 4 is 100 Å². The molecule has 42 nitrogen and oxygen atoms in total. The summed E-state index contributed by atoms with van der Waals surface area (Å²) < 4.78 is 62.9. The van der Waals surface area contributed by atoms with E-state index in [4.69, 9.17) is 98.7 Å². The normalized spacial score (nSPS) is 28.0. The number of likely N-dealkylation sites (N-methyl/N-ethyl adjacent to an activating group) is 1. The Labute approximate surface area is 796 Å². The fraction of sp³-hybridized carbons (Fsp3) is 0.424. The highest BCUT2D eigenvalue weighted by atomic mass is 35.5. The summed E-state index contributed by atoms with van der Waals surface area (Å²) in [5.74, 6) is -20.4. The Balaban J connectivity index is 0.998. The molecule has 22 atom stereocenters. The van der Waals surface area contributed by atoms with E-state index < -0.39 is 321 Å². The molecule has 1 unspecified atom stereocenters. The molecule has 0 aliphatic carbocycles. The number of nitrogens with zero attached hydrogens (tertiary/aromatic N) is 1. The van der Waals surface area contributed by atoms with Crippen LogP contribution in [0.1, 0.15) is 144 Å². The van der Waals surface area contributed by atoms with Crippen LogP contribution in [0.2, 0.25) is 15.1 Å². The minimum atomic E-state index is -2.50. The lowest BCUT2D eigenvalue weighted by atomic mass is 9.84. The molecule has 137 heavy (non-hydrogen) atoms. The van der Waals surface area contributed by atoms with Crippen molar-refractivity contribution in [3.8, 4) is 68.2 Å². The van der Waals surface area contributed by atoms with Crippen molar-refractivity contribution in [1.29, 1.82) is 0 Å². The van der Waals surface area contributed by atoms with Crippen molar-refractivity contribution in [2.75, 3.05) is 20.4 Å². The summed E-state index contributed by atoms with van der Waals surface area (Å²) in [5.41, 5.74) is 9.03. The predicted octanol–water partition coefficient (Wildman–Crippen LogP) is 4.71. The van der Waals surface area contributed by atoms with Crippen molar-refractivity contribution in [2.24, 2.45) is 17.4 Å². The molecular formula is C92H103Cl3N10O32. The number of fused-ring (bicyclic) bond motifs is 15. The lowest BCUT2D eigenvalue weighted by Crippen LogP contribution is -2.65. The Kier molecular flexibility index (Phi) is 31.8. The van der Waals surface area contributed by atoms with Crippen molar-refractivity contribution in [2.45, 2.75) is 220 Å². The van der Waals surface area contributed by atoms with Gasteiger partial charge in [-0.3, -0.25) is 48.1 Å². The van der Waals surface area contributed by atoms with Crippen molar-refractivity contribution < 1.29 is 156 Å². The maximum atomic E-state index is 16.7. The lowest BCUT2D eigenvalue weighted by Gasteiger charge is -2.48. The molecular weight excluding hydrogens is 1860 g/mol. The SMILES string of the molecule is CC(C)C[C@H](C(=O)N[C@H]1C(=O)N[C@@H](CC(N)=O)C(=O)N[C@H]2C(=O)N[C@H]3C(=O)N[C@H](C(=O)N[C@H](C(=O)O)c4cc(O)cc(O)c4-c4cc3ccc4O)[C@H](O[C@H]3C[C@](C)(N)[C@@H](O)[C@H](C)O3)c3ccc(c(Cl)c3)Oc3cc2cc(c3OC2O[C@H](CO)[C@@H](O)[C@H](O)[C@H]2O[C@H]2C[C@](C)(NCc3ccc(-c4ccc(Cl)cc4)cc3)[C@@H](O)[C@H](C)O2)Oc2ccc(cc2Cl)[C@H]1O)N(C)C(=O)OCOC(=O)CCC(=O)O. The number of aliphatic hydroxyl groups is 6. The molecule has 0 aromatic heterocycles. The van der Waals surface area contributed by atoms with E-state index in [1.807, 2.05) is 36.4 Å². The highest BCUT2D eigenvalue weighted by Crippen LogP contribution is 2.51. The van der Waals surface area contributed by atoms with Gasteiger partial charge in [0.2, 0.25) is 60.2 Å². The largest absolute Gasteiger partial charge is 0.508 e. The zero-order valence-corrected chi connectivity index (χ0v) is 76.6. The van der Waals surface area contributed by atoms with Crippen LogP contribution in [0, 0.1) is 5.92 Å². The molecule has 7 aromatic rings. The zero-order chi connectivity index (χ0) is 99.4. The number of ether oxygens (including phenoxy) is 10. The summed E-state index contributed by atoms with van der Waals surface area (Å²) in [7, 11) is 1.08. The number of aromatic hydroxyl groups is 3. The average Bonchev–Trinajstić information content (AvgIpc) is 0.759. The number of hydrogen-bond donors (Lipinski definition) is 20. The van der Waals surface area contributed by atoms with Crippen LogP contribution in [-0.2, 0) is 87.6 Å². The van der Waals surface area contributed by atoms with E-state index in [1.54, 1.807) is 39.8 Å². The van der Waals surface area contributed by atoms with Gasteiger partial charge in [-0.25, -0.2) is 9.59 Å². The lowest BCUT2D eigenvalue weighted by molar-refractivity contribution is -0.334. The fourth-order valence-electron chi connectivity index (χ4n) is 16.9. The molecule has 8 aliphatic rings. The summed E-state index contributed by atoms with van der Waals surface area (Å²) in [6.07, 6.45) is -27.0. The topological polar surface area (TPSA) is 642 Å². The van der Waals surface area contributed by atoms with Crippen LogP contribution < -0.4 is 62.9 Å². The van der Waals surface area contributed by atoms with E-state index in [1.165, 1.54) is 19.9 Å². The van der Waals surface area contributed by atoms with Gasteiger partial charge in [0, 0.05) is 65.3 Å². The second-order valence-corrected chi connectivity index (χ2v) is 36.2. The molecule has 15 rings (SSSR count). The highest BCUT2D eigenvalue weighted by molar-refractivity contribution is 6.32. The van der Waals surface area contributed by atoms with Gasteiger partial charge in [-0.1, -0.05) is 103 Å². The van der Waals surface area contributed by atoms with Gasteiger partial charge in [0.05, 0.1) is 60.3 Å². The van der Waals surface area contributed by atoms with Crippen molar-refractivity contribution in [1.82, 2.24) is 42.1 Å². The third kappa shape index (κ3) is 23.4. The molecule has 45 heteroatoms. The number of halogens is 3. The average molecular weight is 1970 g/mol. The number of hydrogen-bond acceptors (Lipinski definition) is 32. The first-order valence-corrected chi connectivity index (χ1v) is 44.4. The molecule has 8 aliphatic heterocycles. The van der Waals surface area contributed by atoms with Crippen molar-refractivity contribution in [3.05, 3.63) is 176 Å². The summed E-state index contributed by atoms with van der Waals surface area (Å²) in [6.45, 7) is 7.44. The maximum absolute atomic E-state index is 16.7. The fourth-order valence-corrected chi connectivity index (χ4v) is 17.5. The van der Waals surface area contributed by atoms with Gasteiger partial charge in [0.25, 0.3) is 0 Å². The van der Waals surface area contributed by atoms with E-state index in [0.717, 1.165) is 101 Å². The van der Waals surface area contributed by atoms with Crippen LogP contribution >= 0.6 is 34.8 Å². The van der Waals surface area contributed by atoms with E-state index in [-0.39, 0.29) is 36.9 Å². The van der Waals surface area contributed by atoms with E-state index in [2.05, 4.69) is 37.2 Å². The number of primary amides is 1. The van der Waals surface area contributed by atoms with Crippen LogP contribution in [0.25, 0.3) is 22.3 Å². The highest BCUT2D eigenvalue weighted by Gasteiger charge is 2.54. The number of carboxylic acids is 2. The number of aliphatic hydroxyl groups excluding tert-OH is 6. The number of carbonyl (C=O) groups excluding carboxylic acids is 9. The number of esters is 1. The van der Waals surface area contributed by atoms with Crippen molar-refractivity contribution in [3.63, 3.8) is 0 Å². The van der Waals surface area contributed by atoms with Gasteiger partial charge in [-0.15, -0.1) is 0 Å². The van der Waals surface area contributed by atoms with Gasteiger partial charge in [-0.05, 0) is 146 Å². The summed E-state index contributed by atoms with van der Waals surface area (Å²) in [6, 6.07) is 12.3. The van der Waals surface area contributed by atoms with Gasteiger partial charge < -0.3 is 152 Å². The number of nitrogens with two attached hydrogens (primary N) is 2. The van der Waals surface area contributed by atoms with E-state index in [9.17, 15) is 75.0 Å². The molecule has 0 radical (unpaired) electrons. The zero-order valence-electron chi connectivity index (χ0n) is 74.3. The third-order valence-corrected chi connectivity index (χ3v) is 25.1. The molecule has 7 aromatic carbocycles. The molecule has 3 fully saturated rings. The van der Waals surface area contributed by atoms with Crippen LogP contribution in [0.15, 0.2) is 127 Å². The minimum Gasteiger partial charge on any atom is -0.508 e. The molecule has 3 saturated heterocycles. The quantitative estimate of drug-likeness (QED) is 0.0288. The number of rotatable bonds is 24. The van der Waals surface area contributed by atoms with Gasteiger partial charge >= 0.3 is 24.0 Å². The molecule has 8 amide bonds. The Morgan fingerprint density at radius 2 is 1.23 bits per heavy atom. The number of nitrogens with one attached hydrogen (secondary N) is 7. The molecule has 8 heterocycles. The first kappa shape index (κ1) is 102. The Morgan fingerprint density at radius 1 is 0.628 bits per heavy atom. The molecule has 0 spiro atoms. The Bertz CT molecular complexity index is 5750. The number of aliphatic carboxylic acids is 2. The molecule has 22 N–H and O–H groups in total. The van der Waals surface area contributed by atoms with Gasteiger partial charge in [-0.2, -0.15) is 0 Å². The minimum absolute atomic E-state index is 0.160. The molecule has 734 valence electrons. The first-order chi connectivity index (χ1) is 64.8. The second-order valence-electron chi connectivity index (χ2n) is 34.9. The first-order valence-electron chi connectivity index (χ1n) is 43.2. The van der Waals surface area contributed by atoms with Crippen LogP contribution in [-0.4, -0.2) is 250 Å². The summed E-state index contributed by atoms with van der Waals surface area (Å²) >= 11 is 20.9. The maximum Gasteiger partial charge on any atom is 0.413 e. The Hall–Kier alpha value is -12.3. The standard InChI is InChI=1S/C92H103Cl3N10O32/c1-38(2)24-55(105(7)90(127)129-37-128-65(113)23-22-64(111)112)83(120)103-72-74(114)45-15-20-58(52(94)26-45)132-60-28-47-29-61(78(60)137-89-79(76(116)75(115)62(36-106)134-89)136-67-34-92(6,81(118)40(4)131-67)98-35-41-8-10-42(11-9-41)43-12-17-48(93)18-13-43)133-59-21-16-46(27-53(59)95)77(135-66-33-91(5,97)80(117)39(3)130-66)73-87(124)102-71(88(125)126)51-30-49(107)31-57(109)68(51)50-25-44(14-19-56(50)108)69(84(121)104-73)101-85(122)70(47)100-82(119)54(32-63(96)110)99-86(72)123/h8-21,25-31,38-40,54-55,62,66-67,69-77,79-81,89,98,106-109,114-118H,22-24,32-37,97H2,1-7H3,(H2,96,110)(H,99,123)(H,100,119)(H,101,122)(H,102,124)(H,103,120)(H,104,121)(H,111,112)(H,125,126)/t39-,40-,54-,55+,62+,66-,67-,69+,70+,71-,72+,73-,74+,75+,76-,77+,79+,80-,81-,89?,91-,92-/m0/s1. The molecule has 11 bridgehead atoms. The number of carboxylic acid groups (broad SMARTS) is 2. The smallest absolute Gasteiger partial charge is 0.413 e. The van der Waals surface area contributed by atoms with Gasteiger partial charge in [0.1, 0.15) is 95.5 Å². The number of carbonyl (C=O) groups is 11.